The first-order valence-electron chi connectivity index (χ1n) is 4.62. The molecule has 1 rings (SSSR count). The molecule has 1 aromatic rings. The molecule has 0 fully saturated rings. The van der Waals surface area contributed by atoms with Gasteiger partial charge in [0, 0.05) is 16.2 Å². The number of thioether (sulfide) groups is 1. The summed E-state index contributed by atoms with van der Waals surface area (Å²) < 4.78 is 0. The second-order valence-electron chi connectivity index (χ2n) is 2.77. The highest BCUT2D eigenvalue weighted by atomic mass is 32.2. The number of thiophene rings is 1. The van der Waals surface area contributed by atoms with Crippen molar-refractivity contribution < 1.29 is 5.11 Å². The average molecular weight is 226 g/mol. The molecular formula is C11H14OS2. The van der Waals surface area contributed by atoms with E-state index < -0.39 is 0 Å². The lowest BCUT2D eigenvalue weighted by molar-refractivity contribution is 0.350. The molecule has 0 aliphatic rings. The van der Waals surface area contributed by atoms with Crippen molar-refractivity contribution in [3.05, 3.63) is 21.9 Å². The van der Waals surface area contributed by atoms with Crippen LogP contribution < -0.4 is 0 Å². The maximum atomic E-state index is 8.59. The van der Waals surface area contributed by atoms with Gasteiger partial charge in [0.05, 0.1) is 0 Å². The summed E-state index contributed by atoms with van der Waals surface area (Å²) in [5.74, 6) is 7.89. The number of hydrogen-bond acceptors (Lipinski definition) is 3. The third-order valence-corrected chi connectivity index (χ3v) is 3.92. The number of rotatable bonds is 4. The summed E-state index contributed by atoms with van der Waals surface area (Å²) in [6.07, 6.45) is 1.22. The molecule has 0 aliphatic heterocycles. The minimum atomic E-state index is -0.0581. The summed E-state index contributed by atoms with van der Waals surface area (Å²) in [4.78, 5) is 1.32. The summed E-state index contributed by atoms with van der Waals surface area (Å²) in [5.41, 5.74) is 1.08. The van der Waals surface area contributed by atoms with Crippen molar-refractivity contribution in [1.29, 1.82) is 0 Å². The van der Waals surface area contributed by atoms with E-state index in [1.54, 1.807) is 11.3 Å². The topological polar surface area (TPSA) is 20.2 Å². The molecule has 0 saturated carbocycles. The van der Waals surface area contributed by atoms with Crippen LogP contribution in [-0.2, 0) is 5.75 Å². The Hall–Kier alpha value is -0.430. The Bertz CT molecular complexity index is 320. The Morgan fingerprint density at radius 3 is 3.14 bits per heavy atom. The van der Waals surface area contributed by atoms with Gasteiger partial charge < -0.3 is 5.11 Å². The molecule has 76 valence electrons. The fourth-order valence-electron chi connectivity index (χ4n) is 1.01. The second kappa shape index (κ2) is 6.94. The van der Waals surface area contributed by atoms with Crippen LogP contribution in [0.4, 0.5) is 0 Å². The maximum Gasteiger partial charge on any atom is 0.104 e. The van der Waals surface area contributed by atoms with Gasteiger partial charge in [-0.05, 0) is 23.6 Å². The van der Waals surface area contributed by atoms with Crippen LogP contribution in [0.15, 0.2) is 11.4 Å². The minimum Gasteiger partial charge on any atom is -0.384 e. The summed E-state index contributed by atoms with van der Waals surface area (Å²) in [5, 5.41) is 10.7. The molecule has 1 aromatic heterocycles. The molecule has 0 atom stereocenters. The van der Waals surface area contributed by atoms with Crippen LogP contribution in [0.25, 0.3) is 0 Å². The van der Waals surface area contributed by atoms with Gasteiger partial charge in [-0.25, -0.2) is 0 Å². The Kier molecular flexibility index (Phi) is 5.77. The maximum absolute atomic E-state index is 8.59. The zero-order valence-corrected chi connectivity index (χ0v) is 9.88. The van der Waals surface area contributed by atoms with Crippen LogP contribution in [0, 0.1) is 11.8 Å². The van der Waals surface area contributed by atoms with Gasteiger partial charge in [0.2, 0.25) is 0 Å². The molecule has 14 heavy (non-hydrogen) atoms. The molecule has 0 radical (unpaired) electrons. The fourth-order valence-corrected chi connectivity index (χ4v) is 2.92. The first-order valence-corrected chi connectivity index (χ1v) is 6.65. The lowest BCUT2D eigenvalue weighted by atomic mass is 10.3. The van der Waals surface area contributed by atoms with Gasteiger partial charge in [0.15, 0.2) is 0 Å². The first-order chi connectivity index (χ1) is 6.88. The van der Waals surface area contributed by atoms with Crippen molar-refractivity contribution in [2.75, 3.05) is 12.4 Å². The number of aliphatic hydroxyl groups is 1. The van der Waals surface area contributed by atoms with Crippen LogP contribution in [0.3, 0.4) is 0 Å². The summed E-state index contributed by atoms with van der Waals surface area (Å²) >= 11 is 3.68. The Balaban J connectivity index is 2.54. The van der Waals surface area contributed by atoms with Crippen LogP contribution in [0.5, 0.6) is 0 Å². The molecule has 0 unspecified atom stereocenters. The highest BCUT2D eigenvalue weighted by molar-refractivity contribution is 7.98. The SMILES string of the molecule is CCCSCc1sccc1C#CCO. The zero-order chi connectivity index (χ0) is 10.2. The fraction of sp³-hybridized carbons (Fsp3) is 0.455. The van der Waals surface area contributed by atoms with Crippen molar-refractivity contribution in [3.8, 4) is 11.8 Å². The van der Waals surface area contributed by atoms with Crippen molar-refractivity contribution in [1.82, 2.24) is 0 Å². The van der Waals surface area contributed by atoms with E-state index in [4.69, 9.17) is 5.11 Å². The molecule has 0 aliphatic carbocycles. The molecular weight excluding hydrogens is 212 g/mol. The van der Waals surface area contributed by atoms with Gasteiger partial charge in [-0.1, -0.05) is 18.8 Å². The van der Waals surface area contributed by atoms with E-state index in [0.717, 1.165) is 11.3 Å². The third-order valence-electron chi connectivity index (χ3n) is 1.63. The van der Waals surface area contributed by atoms with Crippen LogP contribution in [0.2, 0.25) is 0 Å². The molecule has 3 heteroatoms. The predicted octanol–water partition coefficient (Wildman–Crippen LogP) is 2.74. The average Bonchev–Trinajstić information content (AvgIpc) is 2.63. The second-order valence-corrected chi connectivity index (χ2v) is 4.88. The smallest absolute Gasteiger partial charge is 0.104 e. The van der Waals surface area contributed by atoms with E-state index >= 15 is 0 Å². The van der Waals surface area contributed by atoms with E-state index in [-0.39, 0.29) is 6.61 Å². The molecule has 0 saturated heterocycles. The van der Waals surface area contributed by atoms with Gasteiger partial charge in [-0.3, -0.25) is 0 Å². The quantitative estimate of drug-likeness (QED) is 0.629. The summed E-state index contributed by atoms with van der Waals surface area (Å²) in [6, 6.07) is 2.02. The van der Waals surface area contributed by atoms with Gasteiger partial charge in [-0.15, -0.1) is 11.3 Å². The molecule has 0 amide bonds. The largest absolute Gasteiger partial charge is 0.384 e. The summed E-state index contributed by atoms with van der Waals surface area (Å²) in [6.45, 7) is 2.13. The predicted molar refractivity (Wildman–Crippen MR) is 64.7 cm³/mol. The van der Waals surface area contributed by atoms with E-state index in [1.165, 1.54) is 17.1 Å². The Morgan fingerprint density at radius 2 is 2.43 bits per heavy atom. The molecule has 1 nitrogen and oxygen atoms in total. The van der Waals surface area contributed by atoms with Gasteiger partial charge in [-0.2, -0.15) is 11.8 Å². The van der Waals surface area contributed by atoms with Crippen LogP contribution >= 0.6 is 23.1 Å². The molecule has 0 bridgehead atoms. The lowest BCUT2D eigenvalue weighted by Gasteiger charge is -1.97. The number of hydrogen-bond donors (Lipinski definition) is 1. The number of aliphatic hydroxyl groups excluding tert-OH is 1. The lowest BCUT2D eigenvalue weighted by Crippen LogP contribution is -1.82. The van der Waals surface area contributed by atoms with Gasteiger partial charge in [0.1, 0.15) is 6.61 Å². The van der Waals surface area contributed by atoms with Crippen molar-refractivity contribution in [2.24, 2.45) is 0 Å². The van der Waals surface area contributed by atoms with E-state index in [2.05, 4.69) is 24.1 Å². The minimum absolute atomic E-state index is 0.0581. The monoisotopic (exact) mass is 226 g/mol. The van der Waals surface area contributed by atoms with E-state index in [1.807, 2.05) is 17.8 Å². The molecule has 0 spiro atoms. The van der Waals surface area contributed by atoms with Gasteiger partial charge >= 0.3 is 0 Å². The van der Waals surface area contributed by atoms with Crippen LogP contribution in [0.1, 0.15) is 23.8 Å². The van der Waals surface area contributed by atoms with Crippen molar-refractivity contribution in [2.45, 2.75) is 19.1 Å². The molecule has 1 N–H and O–H groups in total. The normalized spacial score (nSPS) is 9.57. The van der Waals surface area contributed by atoms with Gasteiger partial charge in [0.25, 0.3) is 0 Å². The standard InChI is InChI=1S/C11H14OS2/c1-2-7-13-9-11-10(4-3-6-12)5-8-14-11/h5,8,12H,2,6-7,9H2,1H3. The van der Waals surface area contributed by atoms with E-state index in [0.29, 0.717) is 0 Å². The molecule has 1 heterocycles. The first kappa shape index (κ1) is 11.6. The highest BCUT2D eigenvalue weighted by Crippen LogP contribution is 2.22. The highest BCUT2D eigenvalue weighted by Gasteiger charge is 2.00. The summed E-state index contributed by atoms with van der Waals surface area (Å²) in [7, 11) is 0. The molecule has 0 aromatic carbocycles. The van der Waals surface area contributed by atoms with Crippen molar-refractivity contribution >= 4 is 23.1 Å². The van der Waals surface area contributed by atoms with E-state index in [9.17, 15) is 0 Å². The Morgan fingerprint density at radius 1 is 1.57 bits per heavy atom. The zero-order valence-electron chi connectivity index (χ0n) is 8.25. The Labute approximate surface area is 93.5 Å². The van der Waals surface area contributed by atoms with Crippen LogP contribution in [-0.4, -0.2) is 17.5 Å². The van der Waals surface area contributed by atoms with Crippen molar-refractivity contribution in [3.63, 3.8) is 0 Å². The third kappa shape index (κ3) is 3.75.